The van der Waals surface area contributed by atoms with Crippen LogP contribution in [0.4, 0.5) is 23.6 Å². The molecule has 0 radical (unpaired) electrons. The number of rotatable bonds is 26. The molecule has 4 amide bonds. The van der Waals surface area contributed by atoms with Crippen molar-refractivity contribution in [2.24, 2.45) is 0 Å². The van der Waals surface area contributed by atoms with Gasteiger partial charge < -0.3 is 80.6 Å². The van der Waals surface area contributed by atoms with Crippen molar-refractivity contribution in [3.63, 3.8) is 0 Å². The number of carbonyl (C=O) groups is 9. The number of benzene rings is 4. The van der Waals surface area contributed by atoms with Gasteiger partial charge in [0, 0.05) is 41.2 Å². The number of hydrogen-bond donors (Lipinski definition) is 5. The Hall–Kier alpha value is -4.23. The van der Waals surface area contributed by atoms with Gasteiger partial charge in [-0.25, -0.2) is 28.8 Å². The summed E-state index contributed by atoms with van der Waals surface area (Å²) in [7, 11) is -1.00. The third kappa shape index (κ3) is 45.9. The Balaban J connectivity index is -0.000000679. The fourth-order valence-corrected chi connectivity index (χ4v) is 6.97. The average Bonchev–Trinajstić information content (AvgIpc) is 0.877. The van der Waals surface area contributed by atoms with Gasteiger partial charge in [-0.2, -0.15) is 0 Å². The number of carboxylic acid groups (broad SMARTS) is 1. The van der Waals surface area contributed by atoms with Crippen LogP contribution in [0.3, 0.4) is 0 Å². The molecular weight excluding hydrogens is 1550 g/mol. The standard InChI is InChI=1S/C31H41ClN2O9.C19H20ClNO4.C12H22ClNO5.CH3F.CH2O3.2Cs.H/c1-8-24(19-34-28(37)43-30(3,4)5)41-29(38)40-20(2)39-27(36)31(6,7)42-25-15-9-21(10-16-25)17-18-33-26(35)22-11-13-23(32)14-12-22;1-19(2,18(23)24)25-16-9-3-13(4-10-16)11-12-21-17(22)14-5-7-15(20)8-6-14;1-6-9(18-11(16)17-8(2)13)7-14-10(15)19-12(3,4)5;1-2;2-1-4-3;;;/h9-16,20,24H,8,17-19H2,1-7H3,(H,33,35)(H,34,37);3-10H,11-12H2,1-2H3,(H,21,22)(H,23,24);8-9H,6-7H2,1-5H3,(H,14,15);1H3;1,3H;;;/q;;;;;2*+1;-1/p-1/i;;;1D;;;;. The molecule has 25 nitrogen and oxygen atoms in total. The molecule has 31 heteroatoms. The number of carboxylic acids is 1. The number of hydrogen-bond acceptors (Lipinski definition) is 20. The minimum absolute atomic E-state index is 0. The number of ether oxygens (including phenoxy) is 9. The zero-order chi connectivity index (χ0) is 71.8. The third-order valence-corrected chi connectivity index (χ3v) is 11.8. The number of carbonyl (C=O) groups excluding carboxylic acids is 8. The van der Waals surface area contributed by atoms with E-state index in [2.05, 4.69) is 30.9 Å². The zero-order valence-corrected chi connectivity index (χ0v) is 71.4. The van der Waals surface area contributed by atoms with E-state index in [0.717, 1.165) is 11.1 Å². The molecule has 0 fully saturated rings. The molecular formula is C64H88Cl3Cs2FN4O21. The number of alkyl carbamates (subject to hydrolysis) is 2. The van der Waals surface area contributed by atoms with E-state index in [1.54, 1.807) is 121 Å². The zero-order valence-electron chi connectivity index (χ0n) is 58.6. The first-order valence-corrected chi connectivity index (χ1v) is 30.0. The van der Waals surface area contributed by atoms with Gasteiger partial charge in [-0.3, -0.25) is 18.8 Å². The number of aliphatic carboxylic acids is 1. The van der Waals surface area contributed by atoms with Crippen LogP contribution in [0, 0.1) is 0 Å². The second kappa shape index (κ2) is 50.2. The van der Waals surface area contributed by atoms with Gasteiger partial charge in [-0.05, 0) is 186 Å². The number of halogens is 4. The van der Waals surface area contributed by atoms with E-state index in [4.69, 9.17) is 89.2 Å². The maximum atomic E-state index is 12.8. The molecule has 520 valence electrons. The Bertz CT molecular complexity index is 2950. The normalized spacial score (nSPS) is 11.9. The van der Waals surface area contributed by atoms with E-state index in [1.807, 2.05) is 31.2 Å². The summed E-state index contributed by atoms with van der Waals surface area (Å²) in [5.74, 6) is -1.22. The summed E-state index contributed by atoms with van der Waals surface area (Å²) < 4.78 is 62.1. The summed E-state index contributed by atoms with van der Waals surface area (Å²) in [6.07, 6.45) is -3.37. The van der Waals surface area contributed by atoms with E-state index in [9.17, 15) is 42.7 Å². The minimum atomic E-state index is -1.40. The Kier molecular flexibility index (Phi) is 49.0. The number of alkyl halides is 2. The van der Waals surface area contributed by atoms with Crippen molar-refractivity contribution in [2.75, 3.05) is 33.3 Å². The smallest absolute Gasteiger partial charge is 1.00 e. The van der Waals surface area contributed by atoms with Crippen molar-refractivity contribution in [2.45, 2.75) is 169 Å². The van der Waals surface area contributed by atoms with Crippen LogP contribution in [0.5, 0.6) is 11.5 Å². The molecule has 4 atom stereocenters. The van der Waals surface area contributed by atoms with Crippen molar-refractivity contribution in [1.29, 1.82) is 0 Å². The monoisotopic (exact) mass is 1640 g/mol. The Morgan fingerprint density at radius 2 is 0.916 bits per heavy atom. The summed E-state index contributed by atoms with van der Waals surface area (Å²) in [6.45, 7) is 23.9. The van der Waals surface area contributed by atoms with Gasteiger partial charge in [0.1, 0.15) is 34.9 Å². The first-order valence-electron chi connectivity index (χ1n) is 29.5. The fraction of sp³-hybridized carbons (Fsp3) is 0.484. The Morgan fingerprint density at radius 3 is 1.22 bits per heavy atom. The SMILES string of the molecule is CC(C)(Oc1ccc(CCNC(=O)c2ccc(Cl)cc2)cc1)C(=O)O.CCC(CNC(=O)OC(C)(C)C)OC(=O)OC(C)Cl.CCC(CNC(=O)OC(C)(C)C)OC(=O)OC(C)OC(=O)C(C)(C)Oc1ccc(CCNC(=O)c2ccc(Cl)cc2)cc1.O=CO[O-].[2H]CF.[Cs+].[Cs+].[H-]. The Morgan fingerprint density at radius 1 is 0.579 bits per heavy atom. The molecule has 5 N–H and O–H groups in total. The summed E-state index contributed by atoms with van der Waals surface area (Å²) in [5, 5.41) is 29.4. The molecule has 4 unspecified atom stereocenters. The van der Waals surface area contributed by atoms with E-state index >= 15 is 0 Å². The molecule has 4 rings (SSSR count). The van der Waals surface area contributed by atoms with Gasteiger partial charge in [-0.15, -0.1) is 0 Å². The van der Waals surface area contributed by atoms with Crippen molar-refractivity contribution < 1.29 is 246 Å². The second-order valence-corrected chi connectivity index (χ2v) is 23.8. The molecule has 0 spiro atoms. The molecule has 95 heavy (non-hydrogen) atoms. The predicted octanol–water partition coefficient (Wildman–Crippen LogP) is 5.54. The van der Waals surface area contributed by atoms with E-state index in [-0.39, 0.29) is 171 Å². The van der Waals surface area contributed by atoms with Crippen LogP contribution in [0.25, 0.3) is 0 Å². The molecule has 0 saturated carbocycles. The second-order valence-electron chi connectivity index (χ2n) is 22.3. The van der Waals surface area contributed by atoms with Crippen LogP contribution >= 0.6 is 34.8 Å². The molecule has 0 saturated heterocycles. The molecule has 0 aliphatic carbocycles. The van der Waals surface area contributed by atoms with E-state index in [0.29, 0.717) is 71.4 Å². The summed E-state index contributed by atoms with van der Waals surface area (Å²) >= 11 is 17.1. The first kappa shape index (κ1) is 92.8. The van der Waals surface area contributed by atoms with Gasteiger partial charge in [0.05, 0.1) is 21.6 Å². The van der Waals surface area contributed by atoms with Crippen LogP contribution in [0.1, 0.15) is 144 Å². The molecule has 0 heterocycles. The van der Waals surface area contributed by atoms with Gasteiger partial charge >= 0.3 is 174 Å². The molecule has 0 bridgehead atoms. The predicted molar refractivity (Wildman–Crippen MR) is 343 cm³/mol. The summed E-state index contributed by atoms with van der Waals surface area (Å²) in [5.41, 5.74) is -1.63. The van der Waals surface area contributed by atoms with E-state index < -0.39 is 90.1 Å². The van der Waals surface area contributed by atoms with Gasteiger partial charge in [0.2, 0.25) is 6.29 Å². The fourth-order valence-electron chi connectivity index (χ4n) is 6.64. The molecule has 0 aromatic heterocycles. The topological polar surface area (TPSA) is 337 Å². The maximum absolute atomic E-state index is 12.8. The molecule has 0 aliphatic heterocycles. The van der Waals surface area contributed by atoms with Crippen LogP contribution in [0.15, 0.2) is 97.1 Å². The number of amides is 4. The maximum Gasteiger partial charge on any atom is 1.00 e. The minimum Gasteiger partial charge on any atom is -1.00 e. The summed E-state index contributed by atoms with van der Waals surface area (Å²) in [4.78, 5) is 106. The quantitative estimate of drug-likeness (QED) is 0.00980. The first-order chi connectivity index (χ1) is 43.8. The van der Waals surface area contributed by atoms with Crippen LogP contribution in [-0.4, -0.2) is 140 Å². The number of nitrogens with one attached hydrogen (secondary N) is 4. The number of esters is 1. The van der Waals surface area contributed by atoms with Gasteiger partial charge in [0.15, 0.2) is 16.8 Å². The van der Waals surface area contributed by atoms with E-state index in [1.165, 1.54) is 41.5 Å². The molecule has 4 aromatic carbocycles. The van der Waals surface area contributed by atoms with Gasteiger partial charge in [0.25, 0.3) is 18.3 Å². The van der Waals surface area contributed by atoms with Crippen molar-refractivity contribution in [3.8, 4) is 11.5 Å². The average molecular weight is 1640 g/mol. The van der Waals surface area contributed by atoms with Crippen molar-refractivity contribution in [1.82, 2.24) is 21.3 Å². The van der Waals surface area contributed by atoms with Crippen LogP contribution in [-0.2, 0) is 65.3 Å². The van der Waals surface area contributed by atoms with Crippen LogP contribution in [0.2, 0.25) is 10.0 Å². The largest absolute Gasteiger partial charge is 1.00 e. The van der Waals surface area contributed by atoms with Crippen LogP contribution < -0.4 is 174 Å². The van der Waals surface area contributed by atoms with Crippen molar-refractivity contribution >= 4 is 89.5 Å². The molecule has 0 aliphatic rings. The Labute approximate surface area is 690 Å². The van der Waals surface area contributed by atoms with Gasteiger partial charge in [-0.1, -0.05) is 72.9 Å². The summed E-state index contributed by atoms with van der Waals surface area (Å²) in [6, 6.07) is 27.5. The molecule has 4 aromatic rings. The third-order valence-electron chi connectivity index (χ3n) is 11.2. The van der Waals surface area contributed by atoms with Crippen molar-refractivity contribution in [3.05, 3.63) is 129 Å².